The van der Waals surface area contributed by atoms with Crippen LogP contribution in [0.1, 0.15) is 46.5 Å². The smallest absolute Gasteiger partial charge is 0.0702 e. The monoisotopic (exact) mass is 242 g/mol. The van der Waals surface area contributed by atoms with Gasteiger partial charge in [-0.3, -0.25) is 0 Å². The number of hydrogen-bond acceptors (Lipinski definition) is 3. The van der Waals surface area contributed by atoms with Gasteiger partial charge in [0.2, 0.25) is 0 Å². The number of ether oxygens (including phenoxy) is 1. The Kier molecular flexibility index (Phi) is 5.90. The highest BCUT2D eigenvalue weighted by molar-refractivity contribution is 4.80. The van der Waals surface area contributed by atoms with E-state index in [-0.39, 0.29) is 0 Å². The molecule has 0 bridgehead atoms. The molecule has 1 saturated heterocycles. The van der Waals surface area contributed by atoms with Crippen LogP contribution >= 0.6 is 0 Å². The molecule has 2 N–H and O–H groups in total. The summed E-state index contributed by atoms with van der Waals surface area (Å²) < 4.78 is 5.61. The minimum Gasteiger partial charge on any atom is -0.377 e. The molecule has 0 aromatic carbocycles. The summed E-state index contributed by atoms with van der Waals surface area (Å²) in [4.78, 5) is 2.47. The highest BCUT2D eigenvalue weighted by Gasteiger charge is 2.27. The SMILES string of the molecule is CC1OCCC1N(C)CCCCC(C)(C)CN. The molecular formula is C14H30N2O. The van der Waals surface area contributed by atoms with Crippen molar-refractivity contribution in [2.24, 2.45) is 11.1 Å². The van der Waals surface area contributed by atoms with Gasteiger partial charge in [-0.1, -0.05) is 20.3 Å². The van der Waals surface area contributed by atoms with Crippen LogP contribution in [0, 0.1) is 5.41 Å². The lowest BCUT2D eigenvalue weighted by atomic mass is 9.87. The molecule has 1 heterocycles. The lowest BCUT2D eigenvalue weighted by Crippen LogP contribution is -2.37. The lowest BCUT2D eigenvalue weighted by molar-refractivity contribution is 0.0828. The van der Waals surface area contributed by atoms with Gasteiger partial charge in [-0.05, 0) is 51.7 Å². The van der Waals surface area contributed by atoms with Crippen molar-refractivity contribution in [1.29, 1.82) is 0 Å². The Balaban J connectivity index is 2.14. The molecule has 0 amide bonds. The van der Waals surface area contributed by atoms with Crippen molar-refractivity contribution >= 4 is 0 Å². The third-order valence-electron chi connectivity index (χ3n) is 4.07. The van der Waals surface area contributed by atoms with Crippen LogP contribution in [0.4, 0.5) is 0 Å². The Labute approximate surface area is 107 Å². The predicted octanol–water partition coefficient (Wildman–Crippen LogP) is 2.25. The van der Waals surface area contributed by atoms with Gasteiger partial charge in [-0.2, -0.15) is 0 Å². The molecule has 0 saturated carbocycles. The molecule has 1 fully saturated rings. The van der Waals surface area contributed by atoms with E-state index in [0.717, 1.165) is 13.2 Å². The van der Waals surface area contributed by atoms with Gasteiger partial charge in [0.25, 0.3) is 0 Å². The first-order valence-corrected chi connectivity index (χ1v) is 6.98. The first-order chi connectivity index (χ1) is 7.96. The first kappa shape index (κ1) is 14.9. The Bertz CT molecular complexity index is 218. The molecule has 1 aliphatic heterocycles. The summed E-state index contributed by atoms with van der Waals surface area (Å²) in [7, 11) is 2.23. The highest BCUT2D eigenvalue weighted by Crippen LogP contribution is 2.22. The summed E-state index contributed by atoms with van der Waals surface area (Å²) in [5, 5.41) is 0. The molecule has 2 unspecified atom stereocenters. The summed E-state index contributed by atoms with van der Waals surface area (Å²) >= 11 is 0. The summed E-state index contributed by atoms with van der Waals surface area (Å²) in [6.07, 6.45) is 5.36. The largest absolute Gasteiger partial charge is 0.377 e. The molecule has 102 valence electrons. The Morgan fingerprint density at radius 1 is 1.35 bits per heavy atom. The minimum atomic E-state index is 0.308. The summed E-state index contributed by atoms with van der Waals surface area (Å²) in [6, 6.07) is 0.623. The van der Waals surface area contributed by atoms with Gasteiger partial charge in [-0.15, -0.1) is 0 Å². The van der Waals surface area contributed by atoms with Crippen LogP contribution in [0.25, 0.3) is 0 Å². The van der Waals surface area contributed by atoms with Gasteiger partial charge < -0.3 is 15.4 Å². The van der Waals surface area contributed by atoms with E-state index < -0.39 is 0 Å². The van der Waals surface area contributed by atoms with Crippen molar-refractivity contribution in [3.05, 3.63) is 0 Å². The maximum Gasteiger partial charge on any atom is 0.0702 e. The van der Waals surface area contributed by atoms with E-state index in [1.165, 1.54) is 32.2 Å². The van der Waals surface area contributed by atoms with E-state index in [4.69, 9.17) is 10.5 Å². The van der Waals surface area contributed by atoms with E-state index >= 15 is 0 Å². The molecule has 2 atom stereocenters. The molecule has 0 aliphatic carbocycles. The fourth-order valence-electron chi connectivity index (χ4n) is 2.53. The minimum absolute atomic E-state index is 0.308. The van der Waals surface area contributed by atoms with Crippen molar-refractivity contribution in [3.63, 3.8) is 0 Å². The van der Waals surface area contributed by atoms with E-state index in [1.807, 2.05) is 0 Å². The highest BCUT2D eigenvalue weighted by atomic mass is 16.5. The van der Waals surface area contributed by atoms with Crippen LogP contribution in [0.3, 0.4) is 0 Å². The average Bonchev–Trinajstić information content (AvgIpc) is 2.71. The average molecular weight is 242 g/mol. The number of likely N-dealkylation sites (N-methyl/N-ethyl adjacent to an activating group) is 1. The van der Waals surface area contributed by atoms with Gasteiger partial charge in [0.05, 0.1) is 6.10 Å². The fraction of sp³-hybridized carbons (Fsp3) is 1.00. The molecule has 0 spiro atoms. The zero-order valence-electron chi connectivity index (χ0n) is 12.0. The van der Waals surface area contributed by atoms with E-state index in [0.29, 0.717) is 17.6 Å². The standard InChI is InChI=1S/C14H30N2O/c1-12-13(7-10-17-12)16(4)9-6-5-8-14(2,3)11-15/h12-13H,5-11,15H2,1-4H3. The van der Waals surface area contributed by atoms with E-state index in [2.05, 4.69) is 32.7 Å². The summed E-state index contributed by atoms with van der Waals surface area (Å²) in [5.41, 5.74) is 6.05. The zero-order valence-corrected chi connectivity index (χ0v) is 12.0. The molecule has 0 aromatic rings. The number of nitrogens with two attached hydrogens (primary N) is 1. The predicted molar refractivity (Wildman–Crippen MR) is 73.1 cm³/mol. The Morgan fingerprint density at radius 3 is 2.59 bits per heavy atom. The lowest BCUT2D eigenvalue weighted by Gasteiger charge is -2.27. The van der Waals surface area contributed by atoms with Crippen LogP contribution < -0.4 is 5.73 Å². The number of rotatable bonds is 7. The van der Waals surface area contributed by atoms with Gasteiger partial charge >= 0.3 is 0 Å². The third kappa shape index (κ3) is 4.94. The molecule has 1 aliphatic rings. The van der Waals surface area contributed by atoms with E-state index in [1.54, 1.807) is 0 Å². The van der Waals surface area contributed by atoms with Crippen LogP contribution in [0.2, 0.25) is 0 Å². The molecule has 0 aromatic heterocycles. The zero-order chi connectivity index (χ0) is 12.9. The van der Waals surface area contributed by atoms with Crippen molar-refractivity contribution in [2.45, 2.75) is 58.6 Å². The second kappa shape index (κ2) is 6.72. The Morgan fingerprint density at radius 2 is 2.06 bits per heavy atom. The first-order valence-electron chi connectivity index (χ1n) is 6.98. The van der Waals surface area contributed by atoms with Crippen LogP contribution in [-0.4, -0.2) is 43.8 Å². The summed E-state index contributed by atoms with van der Waals surface area (Å²) in [5.74, 6) is 0. The summed E-state index contributed by atoms with van der Waals surface area (Å²) in [6.45, 7) is 9.59. The second-order valence-corrected chi connectivity index (χ2v) is 6.24. The number of hydrogen-bond donors (Lipinski definition) is 1. The number of nitrogens with zero attached hydrogens (tertiary/aromatic N) is 1. The number of unbranched alkanes of at least 4 members (excludes halogenated alkanes) is 1. The molecule has 1 rings (SSSR count). The Hall–Kier alpha value is -0.120. The molecule has 3 nitrogen and oxygen atoms in total. The maximum atomic E-state index is 5.74. The molecule has 3 heteroatoms. The maximum absolute atomic E-state index is 5.74. The molecule has 17 heavy (non-hydrogen) atoms. The van der Waals surface area contributed by atoms with Gasteiger partial charge in [0.1, 0.15) is 0 Å². The van der Waals surface area contributed by atoms with Crippen LogP contribution in [-0.2, 0) is 4.74 Å². The second-order valence-electron chi connectivity index (χ2n) is 6.24. The molecular weight excluding hydrogens is 212 g/mol. The van der Waals surface area contributed by atoms with Gasteiger partial charge in [0, 0.05) is 12.6 Å². The van der Waals surface area contributed by atoms with Crippen LogP contribution in [0.15, 0.2) is 0 Å². The fourth-order valence-corrected chi connectivity index (χ4v) is 2.53. The van der Waals surface area contributed by atoms with Crippen molar-refractivity contribution in [2.75, 3.05) is 26.7 Å². The third-order valence-corrected chi connectivity index (χ3v) is 4.07. The van der Waals surface area contributed by atoms with Gasteiger partial charge in [0.15, 0.2) is 0 Å². The van der Waals surface area contributed by atoms with Crippen LogP contribution in [0.5, 0.6) is 0 Å². The topological polar surface area (TPSA) is 38.5 Å². The van der Waals surface area contributed by atoms with Gasteiger partial charge in [-0.25, -0.2) is 0 Å². The quantitative estimate of drug-likeness (QED) is 0.696. The normalized spacial score (nSPS) is 25.8. The van der Waals surface area contributed by atoms with Crippen molar-refractivity contribution < 1.29 is 4.74 Å². The van der Waals surface area contributed by atoms with E-state index in [9.17, 15) is 0 Å². The molecule has 0 radical (unpaired) electrons. The van der Waals surface area contributed by atoms with Crippen molar-refractivity contribution in [1.82, 2.24) is 4.90 Å². The van der Waals surface area contributed by atoms with Crippen molar-refractivity contribution in [3.8, 4) is 0 Å².